The fourth-order valence-electron chi connectivity index (χ4n) is 2.36. The molecular weight excluding hydrogens is 297 g/mol. The van der Waals surface area contributed by atoms with E-state index >= 15 is 0 Å². The second-order valence-electron chi connectivity index (χ2n) is 5.23. The lowest BCUT2D eigenvalue weighted by atomic mass is 9.97. The quantitative estimate of drug-likeness (QED) is 0.849. The first-order chi connectivity index (χ1) is 9.87. The predicted octanol–water partition coefficient (Wildman–Crippen LogP) is 1.42. The molecule has 0 spiro atoms. The normalized spacial score (nSPS) is 25.2. The fourth-order valence-corrected chi connectivity index (χ4v) is 2.52. The van der Waals surface area contributed by atoms with Gasteiger partial charge < -0.3 is 18.8 Å². The summed E-state index contributed by atoms with van der Waals surface area (Å²) < 4.78 is 14.9. The highest BCUT2D eigenvalue weighted by atomic mass is 31.0. The summed E-state index contributed by atoms with van der Waals surface area (Å²) in [6.45, 7) is 3.31. The molecule has 0 aliphatic carbocycles. The van der Waals surface area contributed by atoms with Gasteiger partial charge in [-0.2, -0.15) is 0 Å². The highest BCUT2D eigenvalue weighted by Crippen LogP contribution is 2.37. The van der Waals surface area contributed by atoms with Crippen LogP contribution in [-0.4, -0.2) is 40.8 Å². The number of rotatable bonds is 3. The van der Waals surface area contributed by atoms with Crippen LogP contribution in [0.25, 0.3) is 0 Å². The summed E-state index contributed by atoms with van der Waals surface area (Å²) in [7, 11) is 1.84. The van der Waals surface area contributed by atoms with E-state index < -0.39 is 23.7 Å². The molecule has 2 unspecified atom stereocenters. The monoisotopic (exact) mass is 315 g/mol. The maximum Gasteiger partial charge on any atom is 0.410 e. The minimum atomic E-state index is -1.44. The van der Waals surface area contributed by atoms with E-state index in [2.05, 4.69) is 4.52 Å². The molecule has 1 fully saturated rings. The Balaban J connectivity index is 2.25. The average molecular weight is 315 g/mol. The van der Waals surface area contributed by atoms with Crippen molar-refractivity contribution >= 4 is 21.5 Å². The van der Waals surface area contributed by atoms with Crippen LogP contribution in [0.2, 0.25) is 0 Å². The summed E-state index contributed by atoms with van der Waals surface area (Å²) in [5.41, 5.74) is -1.44. The standard InChI is InChI=1S/C13H18NO6P/c1-8(2)19-12(16)14-7-13(17,10-4-3-5-18-10)6-9(14)11(15)20-21/h3-5,8-9,17H,6-7,21H2,1-2H3/t9?,13-/m0/s1. The molecule has 1 aliphatic rings. The van der Waals surface area contributed by atoms with Gasteiger partial charge in [0.1, 0.15) is 17.4 Å². The Morgan fingerprint density at radius 3 is 2.81 bits per heavy atom. The van der Waals surface area contributed by atoms with Crippen molar-refractivity contribution in [2.75, 3.05) is 6.54 Å². The first-order valence-corrected chi connectivity index (χ1v) is 6.98. The summed E-state index contributed by atoms with van der Waals surface area (Å²) in [6.07, 6.45) is 0.405. The lowest BCUT2D eigenvalue weighted by molar-refractivity contribution is -0.138. The van der Waals surface area contributed by atoms with Crippen molar-refractivity contribution in [1.29, 1.82) is 0 Å². The second kappa shape index (κ2) is 6.03. The Kier molecular flexibility index (Phi) is 4.54. The maximum absolute atomic E-state index is 12.1. The smallest absolute Gasteiger partial charge is 0.410 e. The van der Waals surface area contributed by atoms with Crippen molar-refractivity contribution < 1.29 is 28.4 Å². The summed E-state index contributed by atoms with van der Waals surface area (Å²) in [5.74, 6) is -0.341. The molecule has 1 N–H and O–H groups in total. The molecule has 7 nitrogen and oxygen atoms in total. The van der Waals surface area contributed by atoms with Gasteiger partial charge >= 0.3 is 12.1 Å². The Bertz CT molecular complexity index is 517. The molecule has 3 atom stereocenters. The number of β-amino-alcohol motifs (C(OH)–C–C–N with tert-alkyl or cyclic N) is 1. The van der Waals surface area contributed by atoms with Crippen LogP contribution in [0.15, 0.2) is 22.8 Å². The summed E-state index contributed by atoms with van der Waals surface area (Å²) >= 11 is 0. The van der Waals surface area contributed by atoms with E-state index in [4.69, 9.17) is 9.15 Å². The second-order valence-corrected chi connectivity index (χ2v) is 5.46. The van der Waals surface area contributed by atoms with E-state index in [1.54, 1.807) is 26.0 Å². The van der Waals surface area contributed by atoms with Gasteiger partial charge in [0.25, 0.3) is 0 Å². The van der Waals surface area contributed by atoms with E-state index in [1.807, 2.05) is 9.47 Å². The molecule has 0 aromatic carbocycles. The van der Waals surface area contributed by atoms with E-state index in [0.29, 0.717) is 5.76 Å². The molecule has 21 heavy (non-hydrogen) atoms. The maximum atomic E-state index is 12.1. The van der Waals surface area contributed by atoms with Crippen LogP contribution in [0.3, 0.4) is 0 Å². The lowest BCUT2D eigenvalue weighted by Crippen LogP contribution is -2.42. The molecule has 1 aromatic heterocycles. The van der Waals surface area contributed by atoms with Crippen molar-refractivity contribution in [2.45, 2.75) is 38.0 Å². The highest BCUT2D eigenvalue weighted by Gasteiger charge is 2.51. The van der Waals surface area contributed by atoms with Crippen molar-refractivity contribution in [1.82, 2.24) is 4.90 Å². The zero-order valence-corrected chi connectivity index (χ0v) is 13.0. The number of nitrogens with zero attached hydrogens (tertiary/aromatic N) is 1. The molecule has 116 valence electrons. The molecule has 1 saturated heterocycles. The third-order valence-corrected chi connectivity index (χ3v) is 3.51. The number of amides is 1. The Labute approximate surface area is 124 Å². The van der Waals surface area contributed by atoms with Crippen LogP contribution in [0, 0.1) is 0 Å². The molecular formula is C13H18NO6P. The van der Waals surface area contributed by atoms with Crippen LogP contribution in [-0.2, 0) is 19.7 Å². The van der Waals surface area contributed by atoms with Gasteiger partial charge in [-0.1, -0.05) is 0 Å². The summed E-state index contributed by atoms with van der Waals surface area (Å²) in [4.78, 5) is 25.1. The topological polar surface area (TPSA) is 89.2 Å². The number of hydrogen-bond donors (Lipinski definition) is 1. The minimum absolute atomic E-state index is 0.0130. The van der Waals surface area contributed by atoms with Gasteiger partial charge in [-0.05, 0) is 26.0 Å². The van der Waals surface area contributed by atoms with Gasteiger partial charge in [0, 0.05) is 6.42 Å². The molecule has 0 radical (unpaired) electrons. The van der Waals surface area contributed by atoms with E-state index in [0.717, 1.165) is 4.90 Å². The largest absolute Gasteiger partial charge is 0.466 e. The molecule has 0 saturated carbocycles. The van der Waals surface area contributed by atoms with Gasteiger partial charge in [0.15, 0.2) is 0 Å². The summed E-state index contributed by atoms with van der Waals surface area (Å²) in [5, 5.41) is 10.7. The molecule has 2 heterocycles. The lowest BCUT2D eigenvalue weighted by Gasteiger charge is -2.23. The fraction of sp³-hybridized carbons (Fsp3) is 0.538. The predicted molar refractivity (Wildman–Crippen MR) is 75.1 cm³/mol. The number of aliphatic hydroxyl groups is 1. The van der Waals surface area contributed by atoms with Crippen LogP contribution in [0.1, 0.15) is 26.0 Å². The van der Waals surface area contributed by atoms with Crippen molar-refractivity contribution in [3.63, 3.8) is 0 Å². The molecule has 8 heteroatoms. The highest BCUT2D eigenvalue weighted by molar-refractivity contribution is 7.10. The Hall–Kier alpha value is -1.59. The minimum Gasteiger partial charge on any atom is -0.466 e. The van der Waals surface area contributed by atoms with Gasteiger partial charge in [0.05, 0.1) is 28.4 Å². The third kappa shape index (κ3) is 3.19. The summed E-state index contributed by atoms with van der Waals surface area (Å²) in [6, 6.07) is 2.30. The first kappa shape index (κ1) is 15.8. The van der Waals surface area contributed by atoms with Gasteiger partial charge in [0.2, 0.25) is 0 Å². The number of ether oxygens (including phenoxy) is 1. The van der Waals surface area contributed by atoms with Crippen LogP contribution in [0.5, 0.6) is 0 Å². The van der Waals surface area contributed by atoms with E-state index in [9.17, 15) is 14.7 Å². The van der Waals surface area contributed by atoms with Crippen molar-refractivity contribution in [3.05, 3.63) is 24.2 Å². The first-order valence-electron chi connectivity index (χ1n) is 6.51. The van der Waals surface area contributed by atoms with Crippen molar-refractivity contribution in [3.8, 4) is 0 Å². The van der Waals surface area contributed by atoms with Crippen LogP contribution < -0.4 is 0 Å². The van der Waals surface area contributed by atoms with Crippen LogP contribution >= 0.6 is 9.47 Å². The van der Waals surface area contributed by atoms with Gasteiger partial charge in [-0.25, -0.2) is 9.59 Å². The third-order valence-electron chi connectivity index (χ3n) is 3.28. The Morgan fingerprint density at radius 1 is 1.57 bits per heavy atom. The number of hydrogen-bond acceptors (Lipinski definition) is 6. The number of carbonyl (C=O) groups excluding carboxylic acids is 2. The molecule has 0 bridgehead atoms. The van der Waals surface area contributed by atoms with E-state index in [-0.39, 0.29) is 19.1 Å². The molecule has 2 rings (SSSR count). The van der Waals surface area contributed by atoms with Crippen LogP contribution in [0.4, 0.5) is 4.79 Å². The Morgan fingerprint density at radius 2 is 2.29 bits per heavy atom. The van der Waals surface area contributed by atoms with E-state index in [1.165, 1.54) is 6.26 Å². The molecule has 1 amide bonds. The van der Waals surface area contributed by atoms with Crippen molar-refractivity contribution in [2.24, 2.45) is 0 Å². The number of likely N-dealkylation sites (tertiary alicyclic amines) is 1. The number of furan rings is 1. The SMILES string of the molecule is CC(C)OC(=O)N1C[C@](O)(c2ccco2)CC1C(=O)OP. The zero-order valence-electron chi connectivity index (χ0n) is 11.8. The molecule has 1 aliphatic heterocycles. The zero-order chi connectivity index (χ0) is 15.6. The molecule has 1 aromatic rings. The van der Waals surface area contributed by atoms with Gasteiger partial charge in [-0.3, -0.25) is 4.90 Å². The van der Waals surface area contributed by atoms with Gasteiger partial charge in [-0.15, -0.1) is 0 Å². The number of carbonyl (C=O) groups is 2. The average Bonchev–Trinajstić information content (AvgIpc) is 3.05.